The van der Waals surface area contributed by atoms with Crippen molar-refractivity contribution in [3.8, 4) is 0 Å². The maximum Gasteiger partial charge on any atom is 0.339 e. The SMILES string of the molecule is Cc1cc(C(=O)O)c(C(=O)CC(=O)C(C)C)o1. The molecule has 1 aromatic rings. The highest BCUT2D eigenvalue weighted by atomic mass is 16.4. The molecule has 0 saturated heterocycles. The van der Waals surface area contributed by atoms with Gasteiger partial charge in [0.2, 0.25) is 5.78 Å². The Balaban J connectivity index is 2.96. The number of hydrogen-bond acceptors (Lipinski definition) is 4. The minimum absolute atomic E-state index is 0.191. The van der Waals surface area contributed by atoms with Crippen molar-refractivity contribution in [1.29, 1.82) is 0 Å². The highest BCUT2D eigenvalue weighted by Crippen LogP contribution is 2.17. The molecule has 1 rings (SSSR count). The van der Waals surface area contributed by atoms with Crippen LogP contribution in [-0.2, 0) is 4.79 Å². The van der Waals surface area contributed by atoms with Gasteiger partial charge in [0.05, 0.1) is 6.42 Å². The molecule has 0 amide bonds. The van der Waals surface area contributed by atoms with E-state index in [9.17, 15) is 14.4 Å². The number of hydrogen-bond donors (Lipinski definition) is 1. The van der Waals surface area contributed by atoms with E-state index in [0.717, 1.165) is 0 Å². The molecule has 0 aliphatic heterocycles. The molecule has 1 heterocycles. The lowest BCUT2D eigenvalue weighted by Crippen LogP contribution is -2.14. The molecule has 1 N–H and O–H groups in total. The summed E-state index contributed by atoms with van der Waals surface area (Å²) in [7, 11) is 0. The van der Waals surface area contributed by atoms with Gasteiger partial charge in [-0.2, -0.15) is 0 Å². The molecule has 0 saturated carbocycles. The predicted molar refractivity (Wildman–Crippen MR) is 59.2 cm³/mol. The topological polar surface area (TPSA) is 84.6 Å². The van der Waals surface area contributed by atoms with Gasteiger partial charge in [-0.15, -0.1) is 0 Å². The van der Waals surface area contributed by atoms with E-state index in [2.05, 4.69) is 0 Å². The van der Waals surface area contributed by atoms with Crippen LogP contribution in [0.3, 0.4) is 0 Å². The van der Waals surface area contributed by atoms with Crippen LogP contribution in [0.1, 0.15) is 46.9 Å². The smallest absolute Gasteiger partial charge is 0.339 e. The van der Waals surface area contributed by atoms with Gasteiger partial charge in [-0.05, 0) is 13.0 Å². The van der Waals surface area contributed by atoms with Gasteiger partial charge in [-0.3, -0.25) is 9.59 Å². The van der Waals surface area contributed by atoms with Crippen molar-refractivity contribution in [2.75, 3.05) is 0 Å². The summed E-state index contributed by atoms with van der Waals surface area (Å²) in [6, 6.07) is 1.27. The van der Waals surface area contributed by atoms with Crippen LogP contribution >= 0.6 is 0 Å². The minimum atomic E-state index is -1.23. The van der Waals surface area contributed by atoms with Crippen LogP contribution in [-0.4, -0.2) is 22.6 Å². The molecular weight excluding hydrogens is 224 g/mol. The van der Waals surface area contributed by atoms with Gasteiger partial charge in [0.25, 0.3) is 0 Å². The van der Waals surface area contributed by atoms with Gasteiger partial charge in [-0.1, -0.05) is 13.8 Å². The summed E-state index contributed by atoms with van der Waals surface area (Å²) in [5.74, 6) is -2.23. The summed E-state index contributed by atoms with van der Waals surface area (Å²) in [4.78, 5) is 34.0. The third kappa shape index (κ3) is 3.03. The number of rotatable bonds is 5. The zero-order valence-corrected chi connectivity index (χ0v) is 9.94. The molecule has 0 fully saturated rings. The zero-order chi connectivity index (χ0) is 13.2. The lowest BCUT2D eigenvalue weighted by molar-refractivity contribution is -0.121. The first-order valence-corrected chi connectivity index (χ1v) is 5.22. The monoisotopic (exact) mass is 238 g/mol. The van der Waals surface area contributed by atoms with Crippen molar-refractivity contribution < 1.29 is 23.9 Å². The van der Waals surface area contributed by atoms with Crippen molar-refractivity contribution in [1.82, 2.24) is 0 Å². The Hall–Kier alpha value is -1.91. The molecule has 5 heteroatoms. The van der Waals surface area contributed by atoms with E-state index < -0.39 is 11.8 Å². The molecule has 5 nitrogen and oxygen atoms in total. The van der Waals surface area contributed by atoms with Crippen LogP contribution in [0, 0.1) is 12.8 Å². The fourth-order valence-corrected chi connectivity index (χ4v) is 1.32. The number of carbonyl (C=O) groups is 3. The molecule has 0 unspecified atom stereocenters. The van der Waals surface area contributed by atoms with E-state index in [1.165, 1.54) is 6.07 Å². The molecule has 0 bridgehead atoms. The first-order valence-electron chi connectivity index (χ1n) is 5.22. The Morgan fingerprint density at radius 2 is 1.94 bits per heavy atom. The zero-order valence-electron chi connectivity index (χ0n) is 9.94. The van der Waals surface area contributed by atoms with Gasteiger partial charge in [0.1, 0.15) is 17.1 Å². The maximum absolute atomic E-state index is 11.7. The van der Waals surface area contributed by atoms with Gasteiger partial charge in [-0.25, -0.2) is 4.79 Å². The molecule has 0 aromatic carbocycles. The summed E-state index contributed by atoms with van der Waals surface area (Å²) < 4.78 is 5.04. The highest BCUT2D eigenvalue weighted by Gasteiger charge is 2.24. The van der Waals surface area contributed by atoms with Crippen molar-refractivity contribution in [3.05, 3.63) is 23.2 Å². The first kappa shape index (κ1) is 13.2. The van der Waals surface area contributed by atoms with E-state index in [-0.39, 0.29) is 29.4 Å². The molecule has 0 spiro atoms. The van der Waals surface area contributed by atoms with E-state index in [1.54, 1.807) is 20.8 Å². The Labute approximate surface area is 98.4 Å². The average Bonchev–Trinajstić information content (AvgIpc) is 2.60. The van der Waals surface area contributed by atoms with Crippen LogP contribution in [0.15, 0.2) is 10.5 Å². The number of aromatic carboxylic acids is 1. The summed E-state index contributed by atoms with van der Waals surface area (Å²) in [5, 5.41) is 8.87. The predicted octanol–water partition coefficient (Wildman–Crippen LogP) is 2.08. The largest absolute Gasteiger partial charge is 0.478 e. The Bertz CT molecular complexity index is 467. The van der Waals surface area contributed by atoms with Crippen LogP contribution in [0.4, 0.5) is 0 Å². The van der Waals surface area contributed by atoms with Gasteiger partial charge in [0.15, 0.2) is 5.76 Å². The second kappa shape index (κ2) is 4.95. The fraction of sp³-hybridized carbons (Fsp3) is 0.417. The fourth-order valence-electron chi connectivity index (χ4n) is 1.32. The Morgan fingerprint density at radius 3 is 2.41 bits per heavy atom. The van der Waals surface area contributed by atoms with Crippen molar-refractivity contribution in [3.63, 3.8) is 0 Å². The lowest BCUT2D eigenvalue weighted by Gasteiger charge is -2.02. The van der Waals surface area contributed by atoms with Crippen LogP contribution in [0.2, 0.25) is 0 Å². The molecule has 17 heavy (non-hydrogen) atoms. The molecule has 0 aliphatic carbocycles. The summed E-state index contributed by atoms with van der Waals surface area (Å²) in [6.45, 7) is 4.91. The number of carboxylic acid groups (broad SMARTS) is 1. The van der Waals surface area contributed by atoms with Crippen molar-refractivity contribution in [2.24, 2.45) is 5.92 Å². The van der Waals surface area contributed by atoms with Crippen LogP contribution < -0.4 is 0 Å². The number of ketones is 2. The number of carbonyl (C=O) groups excluding carboxylic acids is 2. The molecular formula is C12H14O5. The second-order valence-corrected chi connectivity index (χ2v) is 4.13. The van der Waals surface area contributed by atoms with Gasteiger partial charge in [0, 0.05) is 5.92 Å². The Morgan fingerprint density at radius 1 is 1.35 bits per heavy atom. The van der Waals surface area contributed by atoms with Crippen molar-refractivity contribution >= 4 is 17.5 Å². The number of Topliss-reactive ketones (excluding diaryl/α,β-unsaturated/α-hetero) is 2. The third-order valence-corrected chi connectivity index (χ3v) is 2.32. The first-order chi connectivity index (χ1) is 7.82. The van der Waals surface area contributed by atoms with Gasteiger partial charge < -0.3 is 9.52 Å². The summed E-state index contributed by atoms with van der Waals surface area (Å²) >= 11 is 0. The van der Waals surface area contributed by atoms with Crippen LogP contribution in [0.5, 0.6) is 0 Å². The average molecular weight is 238 g/mol. The van der Waals surface area contributed by atoms with E-state index in [4.69, 9.17) is 9.52 Å². The van der Waals surface area contributed by atoms with Crippen LogP contribution in [0.25, 0.3) is 0 Å². The second-order valence-electron chi connectivity index (χ2n) is 4.13. The van der Waals surface area contributed by atoms with Crippen molar-refractivity contribution in [2.45, 2.75) is 27.2 Å². The summed E-state index contributed by atoms with van der Waals surface area (Å²) in [5.41, 5.74) is -0.191. The number of carboxylic acids is 1. The summed E-state index contributed by atoms with van der Waals surface area (Å²) in [6.07, 6.45) is -0.328. The maximum atomic E-state index is 11.7. The standard InChI is InChI=1S/C12H14O5/c1-6(2)9(13)5-10(14)11-8(12(15)16)4-7(3)17-11/h4,6H,5H2,1-3H3,(H,15,16). The molecule has 0 aliphatic rings. The third-order valence-electron chi connectivity index (χ3n) is 2.32. The highest BCUT2D eigenvalue weighted by molar-refractivity contribution is 6.11. The normalized spacial score (nSPS) is 10.6. The molecule has 0 radical (unpaired) electrons. The quantitative estimate of drug-likeness (QED) is 0.627. The van der Waals surface area contributed by atoms with E-state index in [0.29, 0.717) is 5.76 Å². The molecule has 0 atom stereocenters. The number of furan rings is 1. The lowest BCUT2D eigenvalue weighted by atomic mass is 10.0. The molecule has 92 valence electrons. The van der Waals surface area contributed by atoms with E-state index in [1.807, 2.05) is 0 Å². The molecule has 1 aromatic heterocycles. The number of aryl methyl sites for hydroxylation is 1. The van der Waals surface area contributed by atoms with E-state index >= 15 is 0 Å². The minimum Gasteiger partial charge on any atom is -0.478 e. The Kier molecular flexibility index (Phi) is 3.83. The van der Waals surface area contributed by atoms with Gasteiger partial charge >= 0.3 is 5.97 Å².